The van der Waals surface area contributed by atoms with Crippen molar-refractivity contribution in [3.8, 4) is 6.07 Å². The molecule has 0 aromatic carbocycles. The second-order valence-electron chi connectivity index (χ2n) is 4.10. The van der Waals surface area contributed by atoms with Crippen LogP contribution in [0.1, 0.15) is 39.5 Å². The molecule has 2 atom stereocenters. The zero-order valence-electron chi connectivity index (χ0n) is 8.92. The Balaban J connectivity index is 2.33. The monoisotopic (exact) mass is 194 g/mol. The Bertz CT molecular complexity index is 240. The average Bonchev–Trinajstić information content (AvgIpc) is 2.99. The summed E-state index contributed by atoms with van der Waals surface area (Å²) in [4.78, 5) is 11.6. The molecule has 0 bridgehead atoms. The highest BCUT2D eigenvalue weighted by atomic mass is 16.1. The van der Waals surface area contributed by atoms with Crippen LogP contribution in [-0.4, -0.2) is 11.9 Å². The first kappa shape index (κ1) is 11.0. The molecule has 0 spiro atoms. The zero-order chi connectivity index (χ0) is 10.6. The van der Waals surface area contributed by atoms with Gasteiger partial charge < -0.3 is 5.32 Å². The fourth-order valence-corrected chi connectivity index (χ4v) is 1.55. The maximum Gasteiger partial charge on any atom is 0.223 e. The molecule has 2 unspecified atom stereocenters. The van der Waals surface area contributed by atoms with Gasteiger partial charge in [-0.25, -0.2) is 0 Å². The SMILES string of the molecule is CCC(CC#N)NC(=O)C(C)C1CC1. The van der Waals surface area contributed by atoms with Gasteiger partial charge in [-0.1, -0.05) is 13.8 Å². The number of hydrogen-bond donors (Lipinski definition) is 1. The Morgan fingerprint density at radius 2 is 2.29 bits per heavy atom. The molecule has 0 aliphatic heterocycles. The number of amides is 1. The predicted molar refractivity (Wildman–Crippen MR) is 54.3 cm³/mol. The first-order valence-corrected chi connectivity index (χ1v) is 5.36. The minimum atomic E-state index is 0.0358. The molecule has 1 aliphatic rings. The smallest absolute Gasteiger partial charge is 0.223 e. The molecule has 1 fully saturated rings. The van der Waals surface area contributed by atoms with Crippen molar-refractivity contribution in [1.29, 1.82) is 5.26 Å². The Hall–Kier alpha value is -1.04. The van der Waals surface area contributed by atoms with Crippen LogP contribution in [0.4, 0.5) is 0 Å². The van der Waals surface area contributed by atoms with E-state index in [1.807, 2.05) is 13.8 Å². The molecule has 1 saturated carbocycles. The van der Waals surface area contributed by atoms with Crippen molar-refractivity contribution in [2.75, 3.05) is 0 Å². The highest BCUT2D eigenvalue weighted by Gasteiger charge is 2.32. The quantitative estimate of drug-likeness (QED) is 0.726. The molecule has 78 valence electrons. The second-order valence-corrected chi connectivity index (χ2v) is 4.10. The average molecular weight is 194 g/mol. The van der Waals surface area contributed by atoms with E-state index in [1.54, 1.807) is 0 Å². The van der Waals surface area contributed by atoms with E-state index in [9.17, 15) is 4.79 Å². The fraction of sp³-hybridized carbons (Fsp3) is 0.818. The summed E-state index contributed by atoms with van der Waals surface area (Å²) in [7, 11) is 0. The molecule has 0 radical (unpaired) electrons. The molecule has 1 rings (SSSR count). The number of nitriles is 1. The van der Waals surface area contributed by atoms with Crippen molar-refractivity contribution in [2.45, 2.75) is 45.6 Å². The third kappa shape index (κ3) is 3.02. The molecule has 0 aromatic rings. The minimum absolute atomic E-state index is 0.0358. The van der Waals surface area contributed by atoms with Crippen LogP contribution in [0, 0.1) is 23.2 Å². The second kappa shape index (κ2) is 4.99. The van der Waals surface area contributed by atoms with Crippen molar-refractivity contribution >= 4 is 5.91 Å². The number of nitrogens with zero attached hydrogens (tertiary/aromatic N) is 1. The first-order chi connectivity index (χ1) is 6.69. The summed E-state index contributed by atoms with van der Waals surface area (Å²) in [5.74, 6) is 0.840. The van der Waals surface area contributed by atoms with Crippen LogP contribution in [0.15, 0.2) is 0 Å². The minimum Gasteiger partial charge on any atom is -0.352 e. The summed E-state index contributed by atoms with van der Waals surface area (Å²) in [6, 6.07) is 2.13. The van der Waals surface area contributed by atoms with E-state index in [-0.39, 0.29) is 17.9 Å². The summed E-state index contributed by atoms with van der Waals surface area (Å²) < 4.78 is 0. The Labute approximate surface area is 85.5 Å². The molecular formula is C11H18N2O. The lowest BCUT2D eigenvalue weighted by atomic mass is 10.0. The number of hydrogen-bond acceptors (Lipinski definition) is 2. The van der Waals surface area contributed by atoms with Gasteiger partial charge in [-0.05, 0) is 25.2 Å². The van der Waals surface area contributed by atoms with Gasteiger partial charge in [0.05, 0.1) is 12.5 Å². The fourth-order valence-electron chi connectivity index (χ4n) is 1.55. The van der Waals surface area contributed by atoms with E-state index in [1.165, 1.54) is 12.8 Å². The number of carbonyl (C=O) groups is 1. The van der Waals surface area contributed by atoms with Crippen LogP contribution in [0.5, 0.6) is 0 Å². The lowest BCUT2D eigenvalue weighted by molar-refractivity contribution is -0.125. The van der Waals surface area contributed by atoms with Crippen LogP contribution in [0.25, 0.3) is 0 Å². The molecule has 3 nitrogen and oxygen atoms in total. The van der Waals surface area contributed by atoms with Gasteiger partial charge >= 0.3 is 0 Å². The maximum atomic E-state index is 11.6. The Kier molecular flexibility index (Phi) is 3.94. The van der Waals surface area contributed by atoms with E-state index < -0.39 is 0 Å². The van der Waals surface area contributed by atoms with Crippen LogP contribution in [-0.2, 0) is 4.79 Å². The van der Waals surface area contributed by atoms with Gasteiger partial charge in [-0.3, -0.25) is 4.79 Å². The van der Waals surface area contributed by atoms with Crippen LogP contribution in [0.3, 0.4) is 0 Å². The number of carbonyl (C=O) groups excluding carboxylic acids is 1. The lowest BCUT2D eigenvalue weighted by Crippen LogP contribution is -2.38. The topological polar surface area (TPSA) is 52.9 Å². The van der Waals surface area contributed by atoms with Gasteiger partial charge in [0.2, 0.25) is 5.91 Å². The Morgan fingerprint density at radius 1 is 1.64 bits per heavy atom. The van der Waals surface area contributed by atoms with Gasteiger partial charge in [-0.15, -0.1) is 0 Å². The van der Waals surface area contributed by atoms with Crippen molar-refractivity contribution in [3.63, 3.8) is 0 Å². The van der Waals surface area contributed by atoms with E-state index in [4.69, 9.17) is 5.26 Å². The van der Waals surface area contributed by atoms with Crippen LogP contribution in [0.2, 0.25) is 0 Å². The van der Waals surface area contributed by atoms with Gasteiger partial charge in [0.1, 0.15) is 0 Å². The Morgan fingerprint density at radius 3 is 2.71 bits per heavy atom. The highest BCUT2D eigenvalue weighted by Crippen LogP contribution is 2.36. The summed E-state index contributed by atoms with van der Waals surface area (Å²) >= 11 is 0. The first-order valence-electron chi connectivity index (χ1n) is 5.36. The number of nitrogens with one attached hydrogen (secondary N) is 1. The molecule has 1 amide bonds. The van der Waals surface area contributed by atoms with Crippen LogP contribution >= 0.6 is 0 Å². The van der Waals surface area contributed by atoms with E-state index in [2.05, 4.69) is 11.4 Å². The summed E-state index contributed by atoms with van der Waals surface area (Å²) in [5, 5.41) is 11.5. The van der Waals surface area contributed by atoms with Crippen LogP contribution < -0.4 is 5.32 Å². The summed E-state index contributed by atoms with van der Waals surface area (Å²) in [6.07, 6.45) is 3.61. The molecule has 0 saturated heterocycles. The summed E-state index contributed by atoms with van der Waals surface area (Å²) in [6.45, 7) is 3.97. The summed E-state index contributed by atoms with van der Waals surface area (Å²) in [5.41, 5.74) is 0. The number of rotatable bonds is 5. The predicted octanol–water partition coefficient (Wildman–Crippen LogP) is 1.84. The molecule has 14 heavy (non-hydrogen) atoms. The molecule has 1 aliphatic carbocycles. The van der Waals surface area contributed by atoms with Crippen molar-refractivity contribution < 1.29 is 4.79 Å². The third-order valence-corrected chi connectivity index (χ3v) is 2.92. The maximum absolute atomic E-state index is 11.6. The standard InChI is InChI=1S/C11H18N2O/c1-3-10(6-7-12)13-11(14)8(2)9-4-5-9/h8-10H,3-6H2,1-2H3,(H,13,14). The normalized spacial score (nSPS) is 19.5. The van der Waals surface area contributed by atoms with Crippen molar-refractivity contribution in [1.82, 2.24) is 5.32 Å². The molecule has 3 heteroatoms. The van der Waals surface area contributed by atoms with E-state index >= 15 is 0 Å². The van der Waals surface area contributed by atoms with E-state index in [0.29, 0.717) is 12.3 Å². The van der Waals surface area contributed by atoms with Gasteiger partial charge in [0, 0.05) is 12.0 Å². The van der Waals surface area contributed by atoms with Gasteiger partial charge in [-0.2, -0.15) is 5.26 Å². The molecular weight excluding hydrogens is 176 g/mol. The molecule has 0 heterocycles. The molecule has 1 N–H and O–H groups in total. The molecule has 0 aromatic heterocycles. The van der Waals surface area contributed by atoms with Crippen molar-refractivity contribution in [3.05, 3.63) is 0 Å². The zero-order valence-corrected chi connectivity index (χ0v) is 8.92. The van der Waals surface area contributed by atoms with Gasteiger partial charge in [0.15, 0.2) is 0 Å². The third-order valence-electron chi connectivity index (χ3n) is 2.92. The lowest BCUT2D eigenvalue weighted by Gasteiger charge is -2.17. The highest BCUT2D eigenvalue weighted by molar-refractivity contribution is 5.79. The van der Waals surface area contributed by atoms with Gasteiger partial charge in [0.25, 0.3) is 0 Å². The van der Waals surface area contributed by atoms with E-state index in [0.717, 1.165) is 6.42 Å². The van der Waals surface area contributed by atoms with Crippen molar-refractivity contribution in [2.24, 2.45) is 11.8 Å². The largest absolute Gasteiger partial charge is 0.352 e.